The molecule has 2 aromatic carbocycles. The SMILES string of the molecule is CC[C@H](C(=O)NC(C)(C)C)N(Cc1ccccc1Cl)C(=O)CN(c1ccccc1)S(=O)(=O)N(C)C. The van der Waals surface area contributed by atoms with Gasteiger partial charge in [-0.05, 0) is 51.0 Å². The summed E-state index contributed by atoms with van der Waals surface area (Å²) in [5, 5.41) is 3.39. The lowest BCUT2D eigenvalue weighted by Gasteiger charge is -2.35. The van der Waals surface area contributed by atoms with Gasteiger partial charge in [0.25, 0.3) is 0 Å². The molecular weight excluding hydrogens is 488 g/mol. The highest BCUT2D eigenvalue weighted by atomic mass is 35.5. The van der Waals surface area contributed by atoms with Crippen LogP contribution in [0.25, 0.3) is 0 Å². The molecule has 2 aromatic rings. The molecule has 0 unspecified atom stereocenters. The van der Waals surface area contributed by atoms with Crippen LogP contribution in [0.2, 0.25) is 5.02 Å². The quantitative estimate of drug-likeness (QED) is 0.515. The zero-order valence-electron chi connectivity index (χ0n) is 21.2. The van der Waals surface area contributed by atoms with Crippen LogP contribution in [0.1, 0.15) is 39.7 Å². The summed E-state index contributed by atoms with van der Waals surface area (Å²) in [7, 11) is -1.18. The summed E-state index contributed by atoms with van der Waals surface area (Å²) in [6.45, 7) is 6.97. The molecule has 0 spiro atoms. The predicted molar refractivity (Wildman–Crippen MR) is 140 cm³/mol. The van der Waals surface area contributed by atoms with Crippen LogP contribution in [-0.2, 0) is 26.3 Å². The third-order valence-electron chi connectivity index (χ3n) is 5.25. The van der Waals surface area contributed by atoms with E-state index < -0.39 is 34.2 Å². The Bertz CT molecular complexity index is 1120. The minimum absolute atomic E-state index is 0.0548. The molecule has 1 atom stereocenters. The first-order valence-corrected chi connectivity index (χ1v) is 13.2. The standard InChI is InChI=1S/C25H35ClN4O4S/c1-7-22(24(32)27-25(2,3)4)29(17-19-13-11-12-16-21(19)26)23(31)18-30(35(33,34)28(5)6)20-14-9-8-10-15-20/h8-16,22H,7,17-18H2,1-6H3,(H,27,32)/t22-/m1/s1. The molecule has 1 N–H and O–H groups in total. The van der Waals surface area contributed by atoms with Gasteiger partial charge >= 0.3 is 10.2 Å². The van der Waals surface area contributed by atoms with Crippen molar-refractivity contribution >= 4 is 39.3 Å². The summed E-state index contributed by atoms with van der Waals surface area (Å²) in [5.74, 6) is -0.836. The van der Waals surface area contributed by atoms with E-state index in [-0.39, 0.29) is 12.5 Å². The number of anilines is 1. The number of amides is 2. The maximum absolute atomic E-state index is 13.8. The van der Waals surface area contributed by atoms with Crippen LogP contribution >= 0.6 is 11.6 Å². The van der Waals surface area contributed by atoms with Gasteiger partial charge in [-0.25, -0.2) is 4.31 Å². The molecule has 0 heterocycles. The largest absolute Gasteiger partial charge is 0.350 e. The average molecular weight is 523 g/mol. The number of nitrogens with zero attached hydrogens (tertiary/aromatic N) is 3. The number of hydrogen-bond donors (Lipinski definition) is 1. The summed E-state index contributed by atoms with van der Waals surface area (Å²) in [6.07, 6.45) is 0.337. The second-order valence-electron chi connectivity index (χ2n) is 9.41. The van der Waals surface area contributed by atoms with Crippen molar-refractivity contribution in [1.29, 1.82) is 0 Å². The van der Waals surface area contributed by atoms with Gasteiger partial charge in [-0.15, -0.1) is 0 Å². The number of carbonyl (C=O) groups is 2. The summed E-state index contributed by atoms with van der Waals surface area (Å²) in [4.78, 5) is 28.4. The molecule has 0 saturated heterocycles. The number of hydrogen-bond acceptors (Lipinski definition) is 4. The Morgan fingerprint density at radius 3 is 2.09 bits per heavy atom. The fourth-order valence-corrected chi connectivity index (χ4v) is 4.75. The van der Waals surface area contributed by atoms with Crippen LogP contribution in [-0.4, -0.2) is 61.7 Å². The number of halogens is 1. The lowest BCUT2D eigenvalue weighted by atomic mass is 10.1. The van der Waals surface area contributed by atoms with Crippen molar-refractivity contribution < 1.29 is 18.0 Å². The minimum Gasteiger partial charge on any atom is -0.350 e. The normalized spacial score (nSPS) is 12.8. The van der Waals surface area contributed by atoms with Gasteiger partial charge in [-0.3, -0.25) is 9.59 Å². The fraction of sp³-hybridized carbons (Fsp3) is 0.440. The Balaban J connectivity index is 2.51. The Morgan fingerprint density at radius 2 is 1.57 bits per heavy atom. The minimum atomic E-state index is -3.99. The molecule has 0 aromatic heterocycles. The molecule has 0 aliphatic heterocycles. The van der Waals surface area contributed by atoms with Crippen molar-refractivity contribution in [2.45, 2.75) is 52.2 Å². The lowest BCUT2D eigenvalue weighted by molar-refractivity contribution is -0.141. The second kappa shape index (κ2) is 11.9. The zero-order chi connectivity index (χ0) is 26.4. The van der Waals surface area contributed by atoms with Crippen molar-refractivity contribution in [2.75, 3.05) is 24.9 Å². The first-order chi connectivity index (χ1) is 16.3. The van der Waals surface area contributed by atoms with Crippen molar-refractivity contribution in [1.82, 2.24) is 14.5 Å². The zero-order valence-corrected chi connectivity index (χ0v) is 22.7. The van der Waals surface area contributed by atoms with E-state index in [4.69, 9.17) is 11.6 Å². The van der Waals surface area contributed by atoms with Gasteiger partial charge in [0.1, 0.15) is 12.6 Å². The molecule has 0 aliphatic rings. The van der Waals surface area contributed by atoms with Crippen molar-refractivity contribution in [2.24, 2.45) is 0 Å². The van der Waals surface area contributed by atoms with Crippen LogP contribution in [0, 0.1) is 0 Å². The summed E-state index contributed by atoms with van der Waals surface area (Å²) < 4.78 is 28.4. The summed E-state index contributed by atoms with van der Waals surface area (Å²) in [6, 6.07) is 14.7. The van der Waals surface area contributed by atoms with Crippen molar-refractivity contribution in [3.63, 3.8) is 0 Å². The highest BCUT2D eigenvalue weighted by molar-refractivity contribution is 7.90. The number of rotatable bonds is 10. The molecule has 2 amide bonds. The molecule has 2 rings (SSSR count). The maximum atomic E-state index is 13.8. The Labute approximate surface area is 214 Å². The molecule has 0 saturated carbocycles. The van der Waals surface area contributed by atoms with Gasteiger partial charge in [0.2, 0.25) is 11.8 Å². The van der Waals surface area contributed by atoms with Gasteiger partial charge in [-0.1, -0.05) is 54.9 Å². The highest BCUT2D eigenvalue weighted by Crippen LogP contribution is 2.23. The summed E-state index contributed by atoms with van der Waals surface area (Å²) >= 11 is 6.37. The maximum Gasteiger partial charge on any atom is 0.304 e. The molecular formula is C25H35ClN4O4S. The lowest BCUT2D eigenvalue weighted by Crippen LogP contribution is -2.55. The van der Waals surface area contributed by atoms with Crippen LogP contribution in [0.15, 0.2) is 54.6 Å². The second-order valence-corrected chi connectivity index (χ2v) is 11.9. The van der Waals surface area contributed by atoms with Crippen LogP contribution < -0.4 is 9.62 Å². The van der Waals surface area contributed by atoms with E-state index in [0.29, 0.717) is 22.7 Å². The van der Waals surface area contributed by atoms with Gasteiger partial charge in [0, 0.05) is 31.2 Å². The van der Waals surface area contributed by atoms with E-state index >= 15 is 0 Å². The van der Waals surface area contributed by atoms with E-state index in [1.165, 1.54) is 19.0 Å². The molecule has 192 valence electrons. The van der Waals surface area contributed by atoms with Gasteiger partial charge in [0.15, 0.2) is 0 Å². The number of benzene rings is 2. The van der Waals surface area contributed by atoms with Gasteiger partial charge < -0.3 is 10.2 Å². The molecule has 0 fully saturated rings. The van der Waals surface area contributed by atoms with E-state index in [9.17, 15) is 18.0 Å². The number of nitrogens with one attached hydrogen (secondary N) is 1. The van der Waals surface area contributed by atoms with Crippen LogP contribution in [0.4, 0.5) is 5.69 Å². The van der Waals surface area contributed by atoms with E-state index in [1.807, 2.05) is 27.7 Å². The highest BCUT2D eigenvalue weighted by Gasteiger charge is 2.34. The molecule has 8 nitrogen and oxygen atoms in total. The van der Waals surface area contributed by atoms with Gasteiger partial charge in [-0.2, -0.15) is 12.7 Å². The molecule has 0 radical (unpaired) electrons. The molecule has 0 bridgehead atoms. The van der Waals surface area contributed by atoms with E-state index in [2.05, 4.69) is 5.32 Å². The van der Waals surface area contributed by atoms with E-state index in [1.54, 1.807) is 54.6 Å². The third kappa shape index (κ3) is 7.68. The fourth-order valence-electron chi connectivity index (χ4n) is 3.49. The molecule has 10 heteroatoms. The number of para-hydroxylation sites is 1. The van der Waals surface area contributed by atoms with Crippen LogP contribution in [0.3, 0.4) is 0 Å². The summed E-state index contributed by atoms with van der Waals surface area (Å²) in [5.41, 5.74) is 0.499. The average Bonchev–Trinajstić information content (AvgIpc) is 2.77. The smallest absolute Gasteiger partial charge is 0.304 e. The Morgan fingerprint density at radius 1 is 1.00 bits per heavy atom. The molecule has 35 heavy (non-hydrogen) atoms. The van der Waals surface area contributed by atoms with Crippen molar-refractivity contribution in [3.05, 3.63) is 65.2 Å². The monoisotopic (exact) mass is 522 g/mol. The topological polar surface area (TPSA) is 90.0 Å². The Hall–Kier alpha value is -2.62. The van der Waals surface area contributed by atoms with Crippen molar-refractivity contribution in [3.8, 4) is 0 Å². The van der Waals surface area contributed by atoms with E-state index in [0.717, 1.165) is 8.61 Å². The molecule has 0 aliphatic carbocycles. The number of carbonyl (C=O) groups excluding carboxylic acids is 2. The first-order valence-electron chi connectivity index (χ1n) is 11.4. The predicted octanol–water partition coefficient (Wildman–Crippen LogP) is 3.67. The first kappa shape index (κ1) is 28.6. The Kier molecular flexibility index (Phi) is 9.71. The van der Waals surface area contributed by atoms with Gasteiger partial charge in [0.05, 0.1) is 5.69 Å². The third-order valence-corrected chi connectivity index (χ3v) is 7.43. The van der Waals surface area contributed by atoms with Crippen LogP contribution in [0.5, 0.6) is 0 Å².